The molecule has 0 saturated heterocycles. The minimum atomic E-state index is -1.27. The second-order valence-corrected chi connectivity index (χ2v) is 2.78. The molecule has 0 aliphatic heterocycles. The minimum absolute atomic E-state index is 0.113. The van der Waals surface area contributed by atoms with E-state index in [1.165, 1.54) is 0 Å². The van der Waals surface area contributed by atoms with Crippen LogP contribution in [0, 0.1) is 10.1 Å². The summed E-state index contributed by atoms with van der Waals surface area (Å²) < 4.78 is 4.48. The maximum Gasteiger partial charge on any atom is 0.374 e. The minimum Gasteiger partial charge on any atom is -0.475 e. The zero-order valence-electron chi connectivity index (χ0n) is 7.58. The standard InChI is InChI=1S/C7H4N4O5/c12-7(13)5-1-4(10-16-5)3-2-6(9-8-3)11(14)15/h1-2H,(H,8,9)(H,12,13). The molecule has 16 heavy (non-hydrogen) atoms. The molecule has 2 aromatic rings. The molecule has 2 rings (SSSR count). The van der Waals surface area contributed by atoms with Crippen molar-refractivity contribution in [2.24, 2.45) is 0 Å². The van der Waals surface area contributed by atoms with Crippen LogP contribution in [0.3, 0.4) is 0 Å². The van der Waals surface area contributed by atoms with E-state index in [1.807, 2.05) is 0 Å². The number of aromatic amines is 1. The summed E-state index contributed by atoms with van der Waals surface area (Å²) in [5.74, 6) is -1.95. The van der Waals surface area contributed by atoms with E-state index in [9.17, 15) is 14.9 Å². The lowest BCUT2D eigenvalue weighted by atomic mass is 10.3. The topological polar surface area (TPSA) is 135 Å². The van der Waals surface area contributed by atoms with Crippen molar-refractivity contribution < 1.29 is 19.3 Å². The van der Waals surface area contributed by atoms with Gasteiger partial charge in [-0.15, -0.1) is 5.10 Å². The third kappa shape index (κ3) is 1.61. The normalized spacial score (nSPS) is 10.2. The molecule has 0 radical (unpaired) electrons. The molecule has 0 saturated carbocycles. The lowest BCUT2D eigenvalue weighted by molar-refractivity contribution is -0.389. The number of nitrogens with zero attached hydrogens (tertiary/aromatic N) is 3. The fraction of sp³-hybridized carbons (Fsp3) is 0. The van der Waals surface area contributed by atoms with Gasteiger partial charge in [-0.3, -0.25) is 0 Å². The molecule has 2 N–H and O–H groups in total. The number of nitro groups is 1. The number of hydrogen-bond donors (Lipinski definition) is 2. The van der Waals surface area contributed by atoms with Crippen LogP contribution in [0.5, 0.6) is 0 Å². The maximum atomic E-state index is 10.5. The van der Waals surface area contributed by atoms with Crippen LogP contribution in [0.4, 0.5) is 5.82 Å². The largest absolute Gasteiger partial charge is 0.475 e. The van der Waals surface area contributed by atoms with Gasteiger partial charge in [-0.1, -0.05) is 10.3 Å². The van der Waals surface area contributed by atoms with Gasteiger partial charge in [0.2, 0.25) is 5.76 Å². The average molecular weight is 224 g/mol. The third-order valence-electron chi connectivity index (χ3n) is 1.74. The summed E-state index contributed by atoms with van der Waals surface area (Å²) in [4.78, 5) is 20.2. The quantitative estimate of drug-likeness (QED) is 0.577. The Labute approximate surface area is 86.8 Å². The van der Waals surface area contributed by atoms with Gasteiger partial charge in [-0.25, -0.2) is 4.79 Å². The van der Waals surface area contributed by atoms with E-state index in [4.69, 9.17) is 5.11 Å². The number of carboxylic acids is 1. The Morgan fingerprint density at radius 2 is 2.25 bits per heavy atom. The SMILES string of the molecule is O=C(O)c1cc(-c2cc([N+](=O)[O-])[nH]n2)no1. The van der Waals surface area contributed by atoms with Crippen molar-refractivity contribution in [2.45, 2.75) is 0 Å². The highest BCUT2D eigenvalue weighted by molar-refractivity contribution is 5.85. The number of aromatic carboxylic acids is 1. The number of carboxylic acid groups (broad SMARTS) is 1. The molecule has 82 valence electrons. The van der Waals surface area contributed by atoms with Gasteiger partial charge in [-0.2, -0.15) is 0 Å². The van der Waals surface area contributed by atoms with Crippen LogP contribution in [-0.2, 0) is 0 Å². The first-order chi connectivity index (χ1) is 7.58. The third-order valence-corrected chi connectivity index (χ3v) is 1.74. The Morgan fingerprint density at radius 3 is 2.75 bits per heavy atom. The Balaban J connectivity index is 2.35. The highest BCUT2D eigenvalue weighted by atomic mass is 16.6. The van der Waals surface area contributed by atoms with Crippen molar-refractivity contribution in [1.82, 2.24) is 15.4 Å². The number of aromatic nitrogens is 3. The van der Waals surface area contributed by atoms with Gasteiger partial charge in [0.25, 0.3) is 0 Å². The smallest absolute Gasteiger partial charge is 0.374 e. The van der Waals surface area contributed by atoms with E-state index in [1.54, 1.807) is 0 Å². The Morgan fingerprint density at radius 1 is 1.50 bits per heavy atom. The summed E-state index contributed by atoms with van der Waals surface area (Å²) in [6.45, 7) is 0. The van der Waals surface area contributed by atoms with Crippen molar-refractivity contribution in [2.75, 3.05) is 0 Å². The molecule has 0 bridgehead atoms. The van der Waals surface area contributed by atoms with Gasteiger partial charge in [0.15, 0.2) is 0 Å². The number of rotatable bonds is 3. The Bertz CT molecular complexity index is 506. The Hall–Kier alpha value is -2.71. The first kappa shape index (κ1) is 9.83. The molecule has 0 unspecified atom stereocenters. The molecular weight excluding hydrogens is 220 g/mol. The molecule has 2 aromatic heterocycles. The highest BCUT2D eigenvalue weighted by Gasteiger charge is 2.17. The molecule has 0 atom stereocenters. The summed E-state index contributed by atoms with van der Waals surface area (Å²) in [5, 5.41) is 28.1. The molecule has 2 heterocycles. The number of H-pyrrole nitrogens is 1. The zero-order valence-corrected chi connectivity index (χ0v) is 7.58. The molecule has 0 spiro atoms. The van der Waals surface area contributed by atoms with Crippen molar-refractivity contribution in [1.29, 1.82) is 0 Å². The second-order valence-electron chi connectivity index (χ2n) is 2.78. The van der Waals surface area contributed by atoms with Crippen LogP contribution in [-0.4, -0.2) is 31.4 Å². The summed E-state index contributed by atoms with van der Waals surface area (Å²) in [7, 11) is 0. The van der Waals surface area contributed by atoms with Crippen LogP contribution in [0.1, 0.15) is 10.6 Å². The number of carbonyl (C=O) groups is 1. The van der Waals surface area contributed by atoms with Crippen molar-refractivity contribution in [3.63, 3.8) is 0 Å². The van der Waals surface area contributed by atoms with Gasteiger partial charge in [0.1, 0.15) is 11.4 Å². The summed E-state index contributed by atoms with van der Waals surface area (Å²) >= 11 is 0. The van der Waals surface area contributed by atoms with E-state index < -0.39 is 10.9 Å². The van der Waals surface area contributed by atoms with E-state index in [2.05, 4.69) is 19.9 Å². The van der Waals surface area contributed by atoms with Crippen LogP contribution in [0.25, 0.3) is 11.4 Å². The first-order valence-corrected chi connectivity index (χ1v) is 3.98. The second kappa shape index (κ2) is 3.46. The van der Waals surface area contributed by atoms with E-state index >= 15 is 0 Å². The van der Waals surface area contributed by atoms with Crippen LogP contribution in [0.15, 0.2) is 16.7 Å². The molecule has 0 aliphatic rings. The predicted octanol–water partition coefficient (Wildman–Crippen LogP) is 0.671. The van der Waals surface area contributed by atoms with E-state index in [-0.39, 0.29) is 23.0 Å². The zero-order chi connectivity index (χ0) is 11.7. The lowest BCUT2D eigenvalue weighted by Gasteiger charge is -1.83. The van der Waals surface area contributed by atoms with Crippen molar-refractivity contribution in [3.8, 4) is 11.4 Å². The van der Waals surface area contributed by atoms with E-state index in [0.717, 1.165) is 12.1 Å². The molecule has 9 heteroatoms. The van der Waals surface area contributed by atoms with Crippen molar-refractivity contribution in [3.05, 3.63) is 28.0 Å². The van der Waals surface area contributed by atoms with Gasteiger partial charge < -0.3 is 19.7 Å². The fourth-order valence-corrected chi connectivity index (χ4v) is 1.03. The molecule has 9 nitrogen and oxygen atoms in total. The molecular formula is C7H4N4O5. The summed E-state index contributed by atoms with van der Waals surface area (Å²) in [6, 6.07) is 2.26. The first-order valence-electron chi connectivity index (χ1n) is 3.98. The van der Waals surface area contributed by atoms with Crippen LogP contribution >= 0.6 is 0 Å². The molecule has 0 aliphatic carbocycles. The van der Waals surface area contributed by atoms with Gasteiger partial charge in [0.05, 0.1) is 6.07 Å². The van der Waals surface area contributed by atoms with E-state index in [0.29, 0.717) is 0 Å². The summed E-state index contributed by atoms with van der Waals surface area (Å²) in [6.07, 6.45) is 0. The number of hydrogen-bond acceptors (Lipinski definition) is 6. The number of nitrogens with one attached hydrogen (secondary N) is 1. The highest BCUT2D eigenvalue weighted by Crippen LogP contribution is 2.20. The predicted molar refractivity (Wildman–Crippen MR) is 47.7 cm³/mol. The summed E-state index contributed by atoms with van der Waals surface area (Å²) in [5.41, 5.74) is 0.254. The molecule has 0 fully saturated rings. The molecule has 0 aromatic carbocycles. The fourth-order valence-electron chi connectivity index (χ4n) is 1.03. The van der Waals surface area contributed by atoms with Crippen LogP contribution < -0.4 is 0 Å². The van der Waals surface area contributed by atoms with Gasteiger partial charge in [-0.05, 0) is 4.92 Å². The Kier molecular flexibility index (Phi) is 2.12. The van der Waals surface area contributed by atoms with Gasteiger partial charge >= 0.3 is 11.8 Å². The monoisotopic (exact) mass is 224 g/mol. The maximum absolute atomic E-state index is 10.5. The van der Waals surface area contributed by atoms with Gasteiger partial charge in [0, 0.05) is 6.07 Å². The average Bonchev–Trinajstić information content (AvgIpc) is 2.86. The molecule has 0 amide bonds. The van der Waals surface area contributed by atoms with Crippen LogP contribution in [0.2, 0.25) is 0 Å². The lowest BCUT2D eigenvalue weighted by Crippen LogP contribution is -1.91. The van der Waals surface area contributed by atoms with Crippen molar-refractivity contribution >= 4 is 11.8 Å².